The van der Waals surface area contributed by atoms with Crippen LogP contribution in [0, 0.1) is 0 Å². The van der Waals surface area contributed by atoms with Gasteiger partial charge >= 0.3 is 6.18 Å². The molecular formula is C16H15F3N2O. The molecule has 2 aromatic rings. The Kier molecular flexibility index (Phi) is 4.70. The van der Waals surface area contributed by atoms with E-state index in [4.69, 9.17) is 0 Å². The van der Waals surface area contributed by atoms with Crippen molar-refractivity contribution in [3.8, 4) is 0 Å². The molecule has 0 aromatic heterocycles. The zero-order chi connectivity index (χ0) is 16.2. The molecule has 0 radical (unpaired) electrons. The van der Waals surface area contributed by atoms with E-state index in [0.29, 0.717) is 23.5 Å². The number of hydrogen-bond acceptors (Lipinski definition) is 2. The standard InChI is InChI=1S/C16H15F3N2O/c1-2-15(22)21-14-9-7-13(8-10-14)20-12-5-3-11(4-6-12)16(17,18)19/h3-10,20H,2H2,1H3,(H,21,22). The van der Waals surface area contributed by atoms with Gasteiger partial charge < -0.3 is 10.6 Å². The third-order valence-corrected chi connectivity index (χ3v) is 2.99. The lowest BCUT2D eigenvalue weighted by molar-refractivity contribution is -0.137. The van der Waals surface area contributed by atoms with E-state index in [9.17, 15) is 18.0 Å². The minimum Gasteiger partial charge on any atom is -0.356 e. The van der Waals surface area contributed by atoms with E-state index in [0.717, 1.165) is 12.1 Å². The Labute approximate surface area is 126 Å². The number of nitrogens with one attached hydrogen (secondary N) is 2. The van der Waals surface area contributed by atoms with E-state index < -0.39 is 11.7 Å². The Bertz CT molecular complexity index is 634. The molecule has 116 valence electrons. The summed E-state index contributed by atoms with van der Waals surface area (Å²) in [7, 11) is 0. The average Bonchev–Trinajstić information content (AvgIpc) is 2.49. The first kappa shape index (κ1) is 15.9. The van der Waals surface area contributed by atoms with Crippen molar-refractivity contribution in [2.45, 2.75) is 19.5 Å². The summed E-state index contributed by atoms with van der Waals surface area (Å²) in [5.74, 6) is -0.0801. The SMILES string of the molecule is CCC(=O)Nc1ccc(Nc2ccc(C(F)(F)F)cc2)cc1. The van der Waals surface area contributed by atoms with Crippen LogP contribution in [0.5, 0.6) is 0 Å². The Morgan fingerprint density at radius 1 is 0.909 bits per heavy atom. The molecule has 0 aliphatic heterocycles. The van der Waals surface area contributed by atoms with Crippen LogP contribution in [-0.4, -0.2) is 5.91 Å². The molecule has 3 nitrogen and oxygen atoms in total. The fourth-order valence-electron chi connectivity index (χ4n) is 1.80. The molecule has 0 aliphatic carbocycles. The van der Waals surface area contributed by atoms with Crippen LogP contribution in [0.1, 0.15) is 18.9 Å². The lowest BCUT2D eigenvalue weighted by atomic mass is 10.2. The quantitative estimate of drug-likeness (QED) is 0.852. The predicted octanol–water partition coefficient (Wildman–Crippen LogP) is 4.80. The van der Waals surface area contributed by atoms with Gasteiger partial charge in [-0.1, -0.05) is 6.92 Å². The molecule has 1 amide bonds. The van der Waals surface area contributed by atoms with Crippen LogP contribution in [0.25, 0.3) is 0 Å². The third-order valence-electron chi connectivity index (χ3n) is 2.99. The molecule has 2 N–H and O–H groups in total. The predicted molar refractivity (Wildman–Crippen MR) is 80.1 cm³/mol. The van der Waals surface area contributed by atoms with Gasteiger partial charge in [0.05, 0.1) is 5.56 Å². The van der Waals surface area contributed by atoms with E-state index in [2.05, 4.69) is 10.6 Å². The third kappa shape index (κ3) is 4.25. The summed E-state index contributed by atoms with van der Waals surface area (Å²) < 4.78 is 37.4. The summed E-state index contributed by atoms with van der Waals surface area (Å²) in [5.41, 5.74) is 1.26. The summed E-state index contributed by atoms with van der Waals surface area (Å²) in [6.45, 7) is 1.76. The zero-order valence-corrected chi connectivity index (χ0v) is 11.9. The van der Waals surface area contributed by atoms with Crippen LogP contribution in [-0.2, 0) is 11.0 Å². The molecule has 0 heterocycles. The van der Waals surface area contributed by atoms with Crippen molar-refractivity contribution in [2.24, 2.45) is 0 Å². The van der Waals surface area contributed by atoms with Crippen LogP contribution >= 0.6 is 0 Å². The second-order valence-electron chi connectivity index (χ2n) is 4.68. The Morgan fingerprint density at radius 3 is 1.82 bits per heavy atom. The van der Waals surface area contributed by atoms with Crippen LogP contribution in [0.2, 0.25) is 0 Å². The molecule has 0 bridgehead atoms. The highest BCUT2D eigenvalue weighted by Crippen LogP contribution is 2.30. The maximum atomic E-state index is 12.5. The van der Waals surface area contributed by atoms with Gasteiger partial charge in [0.1, 0.15) is 0 Å². The maximum Gasteiger partial charge on any atom is 0.416 e. The Hall–Kier alpha value is -2.50. The molecule has 22 heavy (non-hydrogen) atoms. The highest BCUT2D eigenvalue weighted by Gasteiger charge is 2.29. The van der Waals surface area contributed by atoms with Crippen molar-refractivity contribution < 1.29 is 18.0 Å². The van der Waals surface area contributed by atoms with Gasteiger partial charge in [-0.05, 0) is 48.5 Å². The van der Waals surface area contributed by atoms with Crippen LogP contribution in [0.3, 0.4) is 0 Å². The van der Waals surface area contributed by atoms with Gasteiger partial charge in [0.2, 0.25) is 5.91 Å². The summed E-state index contributed by atoms with van der Waals surface area (Å²) in [4.78, 5) is 11.3. The number of rotatable bonds is 4. The Balaban J connectivity index is 2.03. The molecule has 0 aliphatic rings. The number of carbonyl (C=O) groups is 1. The van der Waals surface area contributed by atoms with Gasteiger partial charge in [-0.2, -0.15) is 13.2 Å². The first-order valence-electron chi connectivity index (χ1n) is 6.72. The topological polar surface area (TPSA) is 41.1 Å². The van der Waals surface area contributed by atoms with E-state index in [1.54, 1.807) is 31.2 Å². The van der Waals surface area contributed by atoms with Gasteiger partial charge in [-0.25, -0.2) is 0 Å². The lowest BCUT2D eigenvalue weighted by Crippen LogP contribution is -2.09. The van der Waals surface area contributed by atoms with Crippen molar-refractivity contribution >= 4 is 23.0 Å². The van der Waals surface area contributed by atoms with Gasteiger partial charge in [-0.3, -0.25) is 4.79 Å². The smallest absolute Gasteiger partial charge is 0.356 e. The first-order chi connectivity index (χ1) is 10.4. The molecule has 0 unspecified atom stereocenters. The van der Waals surface area contributed by atoms with Crippen molar-refractivity contribution in [3.63, 3.8) is 0 Å². The Morgan fingerprint density at radius 2 is 1.36 bits per heavy atom. The van der Waals surface area contributed by atoms with Crippen molar-refractivity contribution in [1.29, 1.82) is 0 Å². The largest absolute Gasteiger partial charge is 0.416 e. The van der Waals surface area contributed by atoms with Gasteiger partial charge in [0, 0.05) is 23.5 Å². The van der Waals surface area contributed by atoms with E-state index in [1.807, 2.05) is 0 Å². The second-order valence-corrected chi connectivity index (χ2v) is 4.68. The molecular weight excluding hydrogens is 293 g/mol. The number of halogens is 3. The molecule has 0 fully saturated rings. The number of hydrogen-bond donors (Lipinski definition) is 2. The van der Waals surface area contributed by atoms with Crippen LogP contribution < -0.4 is 10.6 Å². The van der Waals surface area contributed by atoms with Gasteiger partial charge in [-0.15, -0.1) is 0 Å². The average molecular weight is 308 g/mol. The number of alkyl halides is 3. The minimum atomic E-state index is -4.34. The molecule has 0 saturated carbocycles. The van der Waals surface area contributed by atoms with E-state index >= 15 is 0 Å². The highest BCUT2D eigenvalue weighted by atomic mass is 19.4. The highest BCUT2D eigenvalue weighted by molar-refractivity contribution is 5.90. The van der Waals surface area contributed by atoms with Crippen molar-refractivity contribution in [2.75, 3.05) is 10.6 Å². The molecule has 0 saturated heterocycles. The summed E-state index contributed by atoms with van der Waals surface area (Å²) in [5, 5.41) is 5.71. The monoisotopic (exact) mass is 308 g/mol. The molecule has 0 spiro atoms. The normalized spacial score (nSPS) is 11.1. The van der Waals surface area contributed by atoms with Gasteiger partial charge in [0.25, 0.3) is 0 Å². The summed E-state index contributed by atoms with van der Waals surface area (Å²) >= 11 is 0. The molecule has 6 heteroatoms. The fraction of sp³-hybridized carbons (Fsp3) is 0.188. The minimum absolute atomic E-state index is 0.0801. The molecule has 2 aromatic carbocycles. The van der Waals surface area contributed by atoms with Crippen LogP contribution in [0.15, 0.2) is 48.5 Å². The number of benzene rings is 2. The summed E-state index contributed by atoms with van der Waals surface area (Å²) in [6, 6.07) is 11.7. The summed E-state index contributed by atoms with van der Waals surface area (Å²) in [6.07, 6.45) is -3.94. The number of amides is 1. The molecule has 0 atom stereocenters. The molecule has 2 rings (SSSR count). The lowest BCUT2D eigenvalue weighted by Gasteiger charge is -2.10. The van der Waals surface area contributed by atoms with Crippen LogP contribution in [0.4, 0.5) is 30.2 Å². The van der Waals surface area contributed by atoms with E-state index in [-0.39, 0.29) is 5.91 Å². The number of anilines is 3. The maximum absolute atomic E-state index is 12.5. The first-order valence-corrected chi connectivity index (χ1v) is 6.72. The zero-order valence-electron chi connectivity index (χ0n) is 11.9. The second kappa shape index (κ2) is 6.51. The fourth-order valence-corrected chi connectivity index (χ4v) is 1.80. The van der Waals surface area contributed by atoms with Gasteiger partial charge in [0.15, 0.2) is 0 Å². The number of carbonyl (C=O) groups excluding carboxylic acids is 1. The van der Waals surface area contributed by atoms with Crippen molar-refractivity contribution in [3.05, 3.63) is 54.1 Å². The van der Waals surface area contributed by atoms with Crippen molar-refractivity contribution in [1.82, 2.24) is 0 Å². The van der Waals surface area contributed by atoms with E-state index in [1.165, 1.54) is 12.1 Å².